The predicted octanol–water partition coefficient (Wildman–Crippen LogP) is 7.45. The lowest BCUT2D eigenvalue weighted by atomic mass is 9.86. The summed E-state index contributed by atoms with van der Waals surface area (Å²) in [4.78, 5) is 52.1. The SMILES string of the molecule is CC(OC(C)(C)C)C(NC(=O)N(C)Cc1cncs1)C(=O)CC(CCC(Cc1ccccc1)NC(=O)OCc1cncs1)Cc1ccccc1. The van der Waals surface area contributed by atoms with Crippen molar-refractivity contribution in [1.82, 2.24) is 25.5 Å². The number of thiazole rings is 2. The van der Waals surface area contributed by atoms with E-state index in [-0.39, 0.29) is 36.8 Å². The molecule has 3 amide bonds. The summed E-state index contributed by atoms with van der Waals surface area (Å²) < 4.78 is 11.8. The van der Waals surface area contributed by atoms with Gasteiger partial charge in [-0.3, -0.25) is 14.8 Å². The summed E-state index contributed by atoms with van der Waals surface area (Å²) in [5, 5.41) is 6.07. The fraction of sp³-hybridized carbons (Fsp3) is 0.447. The van der Waals surface area contributed by atoms with Crippen LogP contribution in [0.2, 0.25) is 0 Å². The van der Waals surface area contributed by atoms with Crippen LogP contribution in [0.15, 0.2) is 84.1 Å². The number of hydrogen-bond donors (Lipinski definition) is 2. The van der Waals surface area contributed by atoms with E-state index in [1.807, 2.05) is 76.2 Å². The van der Waals surface area contributed by atoms with Crippen LogP contribution < -0.4 is 10.6 Å². The van der Waals surface area contributed by atoms with Gasteiger partial charge in [0.05, 0.1) is 34.1 Å². The molecule has 0 saturated heterocycles. The molecule has 2 N–H and O–H groups in total. The molecule has 4 unspecified atom stereocenters. The van der Waals surface area contributed by atoms with Gasteiger partial charge in [-0.05, 0) is 70.4 Å². The minimum atomic E-state index is -0.858. The van der Waals surface area contributed by atoms with Gasteiger partial charge in [0.1, 0.15) is 12.6 Å². The highest BCUT2D eigenvalue weighted by Gasteiger charge is 2.33. The van der Waals surface area contributed by atoms with Crippen LogP contribution in [-0.2, 0) is 40.3 Å². The summed E-state index contributed by atoms with van der Waals surface area (Å²) in [5.74, 6) is -0.159. The summed E-state index contributed by atoms with van der Waals surface area (Å²) in [6.07, 6.45) is 5.15. The highest BCUT2D eigenvalue weighted by molar-refractivity contribution is 7.09. The first-order chi connectivity index (χ1) is 23.9. The first-order valence-corrected chi connectivity index (χ1v) is 18.7. The molecule has 0 bridgehead atoms. The molecular formula is C38H49N5O5S2. The molecule has 2 aromatic carbocycles. The van der Waals surface area contributed by atoms with Gasteiger partial charge in [-0.15, -0.1) is 22.7 Å². The summed E-state index contributed by atoms with van der Waals surface area (Å²) in [7, 11) is 1.70. The molecular weight excluding hydrogens is 671 g/mol. The van der Waals surface area contributed by atoms with Gasteiger partial charge in [-0.25, -0.2) is 9.59 Å². The van der Waals surface area contributed by atoms with E-state index in [0.29, 0.717) is 32.2 Å². The quantitative estimate of drug-likeness (QED) is 0.110. The highest BCUT2D eigenvalue weighted by atomic mass is 32.1. The minimum Gasteiger partial charge on any atom is -0.444 e. The average Bonchev–Trinajstić information content (AvgIpc) is 3.80. The van der Waals surface area contributed by atoms with E-state index in [9.17, 15) is 14.4 Å². The molecule has 0 radical (unpaired) electrons. The molecule has 0 aliphatic rings. The number of Topliss-reactive ketones (excluding diaryl/α,β-unsaturated/α-hetero) is 1. The maximum Gasteiger partial charge on any atom is 0.407 e. The number of amides is 3. The fourth-order valence-corrected chi connectivity index (χ4v) is 6.96. The number of hydrogen-bond acceptors (Lipinski definition) is 9. The molecule has 2 heterocycles. The number of ether oxygens (including phenoxy) is 2. The number of carbonyl (C=O) groups excluding carboxylic acids is 3. The highest BCUT2D eigenvalue weighted by Crippen LogP contribution is 2.24. The molecule has 268 valence electrons. The van der Waals surface area contributed by atoms with Crippen LogP contribution >= 0.6 is 22.7 Å². The van der Waals surface area contributed by atoms with Crippen LogP contribution in [0.25, 0.3) is 0 Å². The number of nitrogens with one attached hydrogen (secondary N) is 2. The van der Waals surface area contributed by atoms with Crippen molar-refractivity contribution >= 4 is 40.6 Å². The van der Waals surface area contributed by atoms with Crippen molar-refractivity contribution in [2.45, 2.75) is 96.7 Å². The third kappa shape index (κ3) is 13.6. The van der Waals surface area contributed by atoms with Crippen molar-refractivity contribution in [3.05, 3.63) is 105 Å². The first kappa shape index (κ1) is 38.7. The zero-order valence-electron chi connectivity index (χ0n) is 29.5. The number of ketones is 1. The molecule has 4 rings (SSSR count). The zero-order valence-corrected chi connectivity index (χ0v) is 31.2. The molecule has 0 aliphatic heterocycles. The van der Waals surface area contributed by atoms with E-state index < -0.39 is 23.8 Å². The van der Waals surface area contributed by atoms with E-state index in [0.717, 1.165) is 20.9 Å². The summed E-state index contributed by atoms with van der Waals surface area (Å²) in [5.41, 5.74) is 5.12. The van der Waals surface area contributed by atoms with E-state index in [1.54, 1.807) is 35.4 Å². The molecule has 10 nitrogen and oxygen atoms in total. The minimum absolute atomic E-state index is 0.0608. The molecule has 0 spiro atoms. The first-order valence-electron chi connectivity index (χ1n) is 16.9. The third-order valence-electron chi connectivity index (χ3n) is 8.11. The van der Waals surface area contributed by atoms with E-state index >= 15 is 0 Å². The molecule has 12 heteroatoms. The number of urea groups is 1. The molecule has 50 heavy (non-hydrogen) atoms. The monoisotopic (exact) mass is 719 g/mol. The van der Waals surface area contributed by atoms with E-state index in [4.69, 9.17) is 9.47 Å². The topological polar surface area (TPSA) is 123 Å². The fourth-order valence-electron chi connectivity index (χ4n) is 5.81. The number of alkyl carbamates (subject to hydrolysis) is 1. The lowest BCUT2D eigenvalue weighted by Crippen LogP contribution is -2.53. The maximum absolute atomic E-state index is 14.2. The van der Waals surface area contributed by atoms with Crippen molar-refractivity contribution in [3.63, 3.8) is 0 Å². The van der Waals surface area contributed by atoms with Crippen molar-refractivity contribution in [1.29, 1.82) is 0 Å². The smallest absolute Gasteiger partial charge is 0.407 e. The molecule has 0 saturated carbocycles. The summed E-state index contributed by atoms with van der Waals surface area (Å²) >= 11 is 2.90. The molecule has 4 atom stereocenters. The van der Waals surface area contributed by atoms with E-state index in [1.165, 1.54) is 22.7 Å². The van der Waals surface area contributed by atoms with Crippen LogP contribution in [0.5, 0.6) is 0 Å². The number of carbonyl (C=O) groups is 3. The molecule has 0 aliphatic carbocycles. The van der Waals surface area contributed by atoms with Gasteiger partial charge < -0.3 is 25.0 Å². The number of nitrogens with zero attached hydrogens (tertiary/aromatic N) is 3. The Morgan fingerprint density at radius 3 is 2.02 bits per heavy atom. The van der Waals surface area contributed by atoms with Crippen molar-refractivity contribution in [2.24, 2.45) is 5.92 Å². The van der Waals surface area contributed by atoms with Gasteiger partial charge >= 0.3 is 12.1 Å². The van der Waals surface area contributed by atoms with Gasteiger partial charge in [0.2, 0.25) is 0 Å². The van der Waals surface area contributed by atoms with Gasteiger partial charge in [0, 0.05) is 36.8 Å². The van der Waals surface area contributed by atoms with Crippen LogP contribution in [0, 0.1) is 5.92 Å². The van der Waals surface area contributed by atoms with E-state index in [2.05, 4.69) is 32.7 Å². The Hall–Kier alpha value is -4.13. The standard InChI is InChI=1S/C38H49N5O5S2/c1-27(48-38(2,3)4)35(42-36(45)43(5)23-32-21-39-25-49-32)34(44)20-30(18-28-12-8-6-9-13-28)16-17-31(19-29-14-10-7-11-15-29)41-37(46)47-24-33-22-40-26-50-33/h6-15,21-22,25-27,30-31,35H,16-20,23-24H2,1-5H3,(H,41,46)(H,42,45). The second-order valence-electron chi connectivity index (χ2n) is 13.6. The Morgan fingerprint density at radius 2 is 1.44 bits per heavy atom. The Kier molecular flexibility index (Phi) is 14.9. The summed E-state index contributed by atoms with van der Waals surface area (Å²) in [6.45, 7) is 8.17. The Morgan fingerprint density at radius 1 is 0.840 bits per heavy atom. The third-order valence-corrected chi connectivity index (χ3v) is 9.63. The van der Waals surface area contributed by atoms with Crippen molar-refractivity contribution < 1.29 is 23.9 Å². The number of rotatable bonds is 18. The average molecular weight is 720 g/mol. The lowest BCUT2D eigenvalue weighted by molar-refractivity contribution is -0.129. The normalized spacial score (nSPS) is 13.9. The molecule has 4 aromatic rings. The van der Waals surface area contributed by atoms with Gasteiger partial charge in [-0.1, -0.05) is 60.7 Å². The second-order valence-corrected chi connectivity index (χ2v) is 15.5. The predicted molar refractivity (Wildman–Crippen MR) is 198 cm³/mol. The number of aromatic nitrogens is 2. The van der Waals surface area contributed by atoms with Gasteiger partial charge in [0.15, 0.2) is 5.78 Å². The van der Waals surface area contributed by atoms with Gasteiger partial charge in [-0.2, -0.15) is 0 Å². The van der Waals surface area contributed by atoms with Crippen LogP contribution in [-0.4, -0.2) is 63.6 Å². The second kappa shape index (κ2) is 19.3. The van der Waals surface area contributed by atoms with Crippen LogP contribution in [0.4, 0.5) is 9.59 Å². The zero-order chi connectivity index (χ0) is 35.9. The summed E-state index contributed by atoms with van der Waals surface area (Å²) in [6, 6.07) is 18.7. The van der Waals surface area contributed by atoms with Crippen LogP contribution in [0.1, 0.15) is 67.8 Å². The number of benzene rings is 2. The van der Waals surface area contributed by atoms with Crippen molar-refractivity contribution in [3.8, 4) is 0 Å². The maximum atomic E-state index is 14.2. The Bertz CT molecular complexity index is 1580. The van der Waals surface area contributed by atoms with Crippen molar-refractivity contribution in [2.75, 3.05) is 7.05 Å². The van der Waals surface area contributed by atoms with Gasteiger partial charge in [0.25, 0.3) is 0 Å². The van der Waals surface area contributed by atoms with Crippen LogP contribution in [0.3, 0.4) is 0 Å². The Balaban J connectivity index is 1.50. The molecule has 2 aromatic heterocycles. The lowest BCUT2D eigenvalue weighted by Gasteiger charge is -2.32. The Labute approximate surface area is 303 Å². The molecule has 0 fully saturated rings. The largest absolute Gasteiger partial charge is 0.444 e.